The molecule has 0 aromatic heterocycles. The van der Waals surface area contributed by atoms with E-state index in [0.29, 0.717) is 27.2 Å². The van der Waals surface area contributed by atoms with E-state index in [4.69, 9.17) is 32.7 Å². The topological polar surface area (TPSA) is 93.7 Å². The first-order valence-electron chi connectivity index (χ1n) is 11.8. The van der Waals surface area contributed by atoms with Gasteiger partial charge in [-0.1, -0.05) is 59.6 Å². The molecule has 0 aliphatic heterocycles. The fourth-order valence-electron chi connectivity index (χ4n) is 3.63. The van der Waals surface area contributed by atoms with E-state index in [1.807, 2.05) is 42.5 Å². The largest absolute Gasteiger partial charge is 0.457 e. The lowest BCUT2D eigenvalue weighted by atomic mass is 10.1. The minimum absolute atomic E-state index is 0.00354. The first-order valence-corrected chi connectivity index (χ1v) is 12.6. The molecule has 194 valence electrons. The van der Waals surface area contributed by atoms with E-state index < -0.39 is 18.5 Å². The van der Waals surface area contributed by atoms with Crippen LogP contribution in [0.15, 0.2) is 84.9 Å². The summed E-state index contributed by atoms with van der Waals surface area (Å²) >= 11 is 11.9. The van der Waals surface area contributed by atoms with Crippen molar-refractivity contribution in [2.24, 2.45) is 0 Å². The highest BCUT2D eigenvalue weighted by atomic mass is 35.5. The zero-order valence-corrected chi connectivity index (χ0v) is 21.7. The standard InChI is InChI=1S/C29H24Cl2N2O5/c30-20-11-16-24(31)25(17-20)33-28(35)18-37-29(36)10-4-9-27(34)32-21-12-14-22(15-13-21)38-26-8-3-6-19-5-1-2-7-23(19)26/h1-3,5-8,11-17H,4,9-10,18H2,(H,32,34)(H,33,35). The van der Waals surface area contributed by atoms with Gasteiger partial charge in [-0.15, -0.1) is 0 Å². The van der Waals surface area contributed by atoms with Crippen LogP contribution >= 0.6 is 23.2 Å². The van der Waals surface area contributed by atoms with Crippen molar-refractivity contribution in [3.8, 4) is 11.5 Å². The van der Waals surface area contributed by atoms with Crippen LogP contribution in [0.1, 0.15) is 19.3 Å². The first kappa shape index (κ1) is 27.0. The first-order chi connectivity index (χ1) is 18.4. The highest BCUT2D eigenvalue weighted by Gasteiger charge is 2.12. The molecule has 0 radical (unpaired) electrons. The number of rotatable bonds is 10. The van der Waals surface area contributed by atoms with Crippen LogP contribution in [0.5, 0.6) is 11.5 Å². The van der Waals surface area contributed by atoms with Gasteiger partial charge in [-0.3, -0.25) is 14.4 Å². The average Bonchev–Trinajstić information content (AvgIpc) is 2.91. The van der Waals surface area contributed by atoms with Crippen LogP contribution in [-0.4, -0.2) is 24.4 Å². The highest BCUT2D eigenvalue weighted by molar-refractivity contribution is 6.35. The third-order valence-corrected chi connectivity index (χ3v) is 6.03. The van der Waals surface area contributed by atoms with Gasteiger partial charge in [0, 0.05) is 28.9 Å². The van der Waals surface area contributed by atoms with Crippen molar-refractivity contribution in [2.45, 2.75) is 19.3 Å². The van der Waals surface area contributed by atoms with Crippen LogP contribution in [0.3, 0.4) is 0 Å². The third kappa shape index (κ3) is 7.71. The van der Waals surface area contributed by atoms with Gasteiger partial charge in [0.2, 0.25) is 5.91 Å². The summed E-state index contributed by atoms with van der Waals surface area (Å²) in [5.74, 6) is 0.0170. The van der Waals surface area contributed by atoms with Gasteiger partial charge in [0.15, 0.2) is 6.61 Å². The second-order valence-electron chi connectivity index (χ2n) is 8.34. The van der Waals surface area contributed by atoms with Crippen LogP contribution in [-0.2, 0) is 19.1 Å². The molecule has 0 bridgehead atoms. The molecule has 0 spiro atoms. The van der Waals surface area contributed by atoms with E-state index in [1.54, 1.807) is 36.4 Å². The van der Waals surface area contributed by atoms with Crippen LogP contribution in [0.2, 0.25) is 10.0 Å². The molecule has 4 aromatic carbocycles. The molecule has 0 unspecified atom stereocenters. The number of esters is 1. The Hall–Kier alpha value is -4.07. The zero-order chi connectivity index (χ0) is 26.9. The van der Waals surface area contributed by atoms with Crippen molar-refractivity contribution in [1.29, 1.82) is 0 Å². The van der Waals surface area contributed by atoms with Crippen molar-refractivity contribution in [1.82, 2.24) is 0 Å². The SMILES string of the molecule is O=C(CCCC(=O)OCC(=O)Nc1cc(Cl)ccc1Cl)Nc1ccc(Oc2cccc3ccccc23)cc1. The summed E-state index contributed by atoms with van der Waals surface area (Å²) in [6.07, 6.45) is 0.388. The Bertz CT molecular complexity index is 1450. The van der Waals surface area contributed by atoms with Gasteiger partial charge < -0.3 is 20.1 Å². The number of carbonyl (C=O) groups is 3. The fourth-order valence-corrected chi connectivity index (χ4v) is 3.97. The number of halogens is 2. The van der Waals surface area contributed by atoms with Gasteiger partial charge in [0.1, 0.15) is 11.5 Å². The molecule has 9 heteroatoms. The van der Waals surface area contributed by atoms with Crippen molar-refractivity contribution in [3.63, 3.8) is 0 Å². The van der Waals surface area contributed by atoms with Gasteiger partial charge in [0.25, 0.3) is 5.91 Å². The minimum atomic E-state index is -0.583. The molecular formula is C29H24Cl2N2O5. The Labute approximate surface area is 229 Å². The lowest BCUT2D eigenvalue weighted by Crippen LogP contribution is -2.21. The maximum absolute atomic E-state index is 12.3. The van der Waals surface area contributed by atoms with Crippen molar-refractivity contribution < 1.29 is 23.9 Å². The van der Waals surface area contributed by atoms with Crippen LogP contribution in [0.25, 0.3) is 10.8 Å². The van der Waals surface area contributed by atoms with E-state index in [-0.39, 0.29) is 25.2 Å². The van der Waals surface area contributed by atoms with Crippen LogP contribution in [0, 0.1) is 0 Å². The molecule has 0 aliphatic carbocycles. The maximum atomic E-state index is 12.3. The third-order valence-electron chi connectivity index (χ3n) is 5.47. The number of nitrogens with one attached hydrogen (secondary N) is 2. The number of benzene rings is 4. The highest BCUT2D eigenvalue weighted by Crippen LogP contribution is 2.30. The maximum Gasteiger partial charge on any atom is 0.306 e. The van der Waals surface area contributed by atoms with E-state index in [1.165, 1.54) is 6.07 Å². The van der Waals surface area contributed by atoms with Crippen molar-refractivity contribution >= 4 is 63.1 Å². The molecule has 4 rings (SSSR count). The number of anilines is 2. The predicted molar refractivity (Wildman–Crippen MR) is 149 cm³/mol. The van der Waals surface area contributed by atoms with Crippen molar-refractivity contribution in [3.05, 3.63) is 95.0 Å². The van der Waals surface area contributed by atoms with Gasteiger partial charge in [0.05, 0.1) is 10.7 Å². The lowest BCUT2D eigenvalue weighted by molar-refractivity contribution is -0.147. The van der Waals surface area contributed by atoms with E-state index in [2.05, 4.69) is 10.6 Å². The van der Waals surface area contributed by atoms with Gasteiger partial charge in [-0.05, 0) is 60.3 Å². The molecule has 4 aromatic rings. The summed E-state index contributed by atoms with van der Waals surface area (Å²) in [5.41, 5.74) is 0.934. The van der Waals surface area contributed by atoms with Gasteiger partial charge in [-0.2, -0.15) is 0 Å². The van der Waals surface area contributed by atoms with E-state index in [9.17, 15) is 14.4 Å². The number of hydrogen-bond acceptors (Lipinski definition) is 5. The Morgan fingerprint density at radius 2 is 1.53 bits per heavy atom. The Balaban J connectivity index is 1.17. The molecule has 0 saturated carbocycles. The fraction of sp³-hybridized carbons (Fsp3) is 0.138. The quantitative estimate of drug-likeness (QED) is 0.203. The predicted octanol–water partition coefficient (Wildman–Crippen LogP) is 7.23. The monoisotopic (exact) mass is 550 g/mol. The zero-order valence-electron chi connectivity index (χ0n) is 20.2. The van der Waals surface area contributed by atoms with E-state index >= 15 is 0 Å². The normalized spacial score (nSPS) is 10.6. The summed E-state index contributed by atoms with van der Waals surface area (Å²) in [5, 5.41) is 8.13. The Kier molecular flexibility index (Phi) is 9.19. The molecule has 0 fully saturated rings. The summed E-state index contributed by atoms with van der Waals surface area (Å²) in [6.45, 7) is -0.471. The molecule has 2 N–H and O–H groups in total. The van der Waals surface area contributed by atoms with E-state index in [0.717, 1.165) is 16.5 Å². The average molecular weight is 551 g/mol. The molecule has 0 aliphatic rings. The Morgan fingerprint density at radius 3 is 2.34 bits per heavy atom. The number of ether oxygens (including phenoxy) is 2. The number of amides is 2. The van der Waals surface area contributed by atoms with Crippen LogP contribution < -0.4 is 15.4 Å². The second kappa shape index (κ2) is 12.9. The molecule has 38 heavy (non-hydrogen) atoms. The summed E-state index contributed by atoms with van der Waals surface area (Å²) in [4.78, 5) is 36.2. The van der Waals surface area contributed by atoms with Gasteiger partial charge in [-0.25, -0.2) is 0 Å². The smallest absolute Gasteiger partial charge is 0.306 e. The van der Waals surface area contributed by atoms with Crippen LogP contribution in [0.4, 0.5) is 11.4 Å². The molecule has 2 amide bonds. The van der Waals surface area contributed by atoms with Crippen molar-refractivity contribution in [2.75, 3.05) is 17.2 Å². The molecule has 0 saturated heterocycles. The summed E-state index contributed by atoms with van der Waals surface area (Å²) in [7, 11) is 0. The second-order valence-corrected chi connectivity index (χ2v) is 9.18. The van der Waals surface area contributed by atoms with Gasteiger partial charge >= 0.3 is 5.97 Å². The molecule has 0 heterocycles. The summed E-state index contributed by atoms with van der Waals surface area (Å²) < 4.78 is 11.0. The lowest BCUT2D eigenvalue weighted by Gasteiger charge is -2.10. The Morgan fingerprint density at radius 1 is 0.763 bits per heavy atom. The number of hydrogen-bond donors (Lipinski definition) is 2. The number of carbonyl (C=O) groups excluding carboxylic acids is 3. The molecule has 0 atom stereocenters. The summed E-state index contributed by atoms with van der Waals surface area (Å²) in [6, 6.07) is 25.5. The molecule has 7 nitrogen and oxygen atoms in total. The minimum Gasteiger partial charge on any atom is -0.457 e. The molecular weight excluding hydrogens is 527 g/mol. The number of fused-ring (bicyclic) bond motifs is 1.